The summed E-state index contributed by atoms with van der Waals surface area (Å²) >= 11 is 6.84. The minimum absolute atomic E-state index is 0.104. The Hall–Kier alpha value is -3.64. The Morgan fingerprint density at radius 3 is 2.73 bits per heavy atom. The molecule has 0 radical (unpaired) electrons. The van der Waals surface area contributed by atoms with Gasteiger partial charge in [-0.05, 0) is 53.3 Å². The first-order valence-corrected chi connectivity index (χ1v) is 11.1. The molecule has 1 N–H and O–H groups in total. The minimum atomic E-state index is -0.141. The van der Waals surface area contributed by atoms with E-state index in [0.717, 1.165) is 39.6 Å². The van der Waals surface area contributed by atoms with E-state index in [9.17, 15) is 9.59 Å². The summed E-state index contributed by atoms with van der Waals surface area (Å²) in [5, 5.41) is 5.18. The van der Waals surface area contributed by atoms with Crippen molar-refractivity contribution in [3.05, 3.63) is 87.1 Å². The predicted molar refractivity (Wildman–Crippen MR) is 130 cm³/mol. The number of nitrogens with one attached hydrogen (secondary N) is 1. The van der Waals surface area contributed by atoms with Crippen LogP contribution in [0.2, 0.25) is 5.02 Å². The molecule has 2 aromatic carbocycles. The second-order valence-electron chi connectivity index (χ2n) is 8.04. The van der Waals surface area contributed by atoms with Crippen molar-refractivity contribution in [2.45, 2.75) is 12.8 Å². The van der Waals surface area contributed by atoms with Crippen LogP contribution in [0.5, 0.6) is 5.75 Å². The number of benzene rings is 2. The van der Waals surface area contributed by atoms with Gasteiger partial charge in [0.1, 0.15) is 18.6 Å². The van der Waals surface area contributed by atoms with E-state index in [2.05, 4.69) is 10.3 Å². The molecule has 166 valence electrons. The molecule has 2 aromatic heterocycles. The molecule has 0 spiro atoms. The Kier molecular flexibility index (Phi) is 5.60. The van der Waals surface area contributed by atoms with Crippen LogP contribution >= 0.6 is 11.6 Å². The van der Waals surface area contributed by atoms with Gasteiger partial charge >= 0.3 is 0 Å². The third-order valence-electron chi connectivity index (χ3n) is 6.05. The van der Waals surface area contributed by atoms with Crippen LogP contribution in [0.15, 0.2) is 59.7 Å². The number of nitrogens with zero attached hydrogens (tertiary/aromatic N) is 2. The highest BCUT2D eigenvalue weighted by molar-refractivity contribution is 6.37. The molecular weight excluding hydrogens is 438 g/mol. The summed E-state index contributed by atoms with van der Waals surface area (Å²) in [7, 11) is 1.70. The fourth-order valence-electron chi connectivity index (χ4n) is 4.45. The van der Waals surface area contributed by atoms with Gasteiger partial charge in [0, 0.05) is 54.6 Å². The summed E-state index contributed by atoms with van der Waals surface area (Å²) in [5.41, 5.74) is 4.89. The largest absolute Gasteiger partial charge is 0.490 e. The molecule has 7 heteroatoms. The van der Waals surface area contributed by atoms with E-state index in [1.165, 1.54) is 0 Å². The molecular formula is C26H22ClN3O3. The summed E-state index contributed by atoms with van der Waals surface area (Å²) in [6.07, 6.45) is 5.13. The highest BCUT2D eigenvalue weighted by Crippen LogP contribution is 2.44. The molecule has 0 atom stereocenters. The van der Waals surface area contributed by atoms with Crippen molar-refractivity contribution in [3.63, 3.8) is 0 Å². The van der Waals surface area contributed by atoms with Gasteiger partial charge in [-0.1, -0.05) is 23.7 Å². The number of carbonyl (C=O) groups is 1. The topological polar surface area (TPSA) is 73.2 Å². The molecule has 5 rings (SSSR count). The first-order valence-electron chi connectivity index (χ1n) is 10.7. The van der Waals surface area contributed by atoms with Crippen molar-refractivity contribution in [1.82, 2.24) is 9.55 Å². The van der Waals surface area contributed by atoms with E-state index in [4.69, 9.17) is 16.3 Å². The molecule has 0 saturated heterocycles. The molecule has 3 heterocycles. The van der Waals surface area contributed by atoms with Crippen molar-refractivity contribution in [2.24, 2.45) is 7.05 Å². The molecule has 0 aliphatic carbocycles. The maximum Gasteiger partial charge on any atom is 0.258 e. The first-order chi connectivity index (χ1) is 16.1. The number of aromatic nitrogens is 2. The highest BCUT2D eigenvalue weighted by Gasteiger charge is 2.22. The van der Waals surface area contributed by atoms with Gasteiger partial charge < -0.3 is 19.4 Å². The second-order valence-corrected chi connectivity index (χ2v) is 8.42. The molecule has 0 saturated carbocycles. The molecule has 0 fully saturated rings. The van der Waals surface area contributed by atoms with Crippen molar-refractivity contribution >= 4 is 34.3 Å². The number of fused-ring (bicyclic) bond motifs is 2. The van der Waals surface area contributed by atoms with Crippen LogP contribution in [0, 0.1) is 0 Å². The summed E-state index contributed by atoms with van der Waals surface area (Å²) < 4.78 is 7.27. The maximum absolute atomic E-state index is 13.3. The average Bonchev–Trinajstić information content (AvgIpc) is 2.84. The lowest BCUT2D eigenvalue weighted by molar-refractivity contribution is -0.107. The zero-order chi connectivity index (χ0) is 22.9. The van der Waals surface area contributed by atoms with E-state index in [0.29, 0.717) is 41.4 Å². The maximum atomic E-state index is 13.3. The Bertz CT molecular complexity index is 1430. The summed E-state index contributed by atoms with van der Waals surface area (Å²) in [6, 6.07) is 13.6. The smallest absolute Gasteiger partial charge is 0.258 e. The van der Waals surface area contributed by atoms with Gasteiger partial charge in [-0.15, -0.1) is 0 Å². The quantitative estimate of drug-likeness (QED) is 0.448. The predicted octanol–water partition coefficient (Wildman–Crippen LogP) is 4.39. The summed E-state index contributed by atoms with van der Waals surface area (Å²) in [5.74, 6) is 0.695. The van der Waals surface area contributed by atoms with Gasteiger partial charge in [0.25, 0.3) is 5.56 Å². The number of anilines is 1. The number of ether oxygens (including phenoxy) is 1. The third kappa shape index (κ3) is 3.76. The van der Waals surface area contributed by atoms with Gasteiger partial charge in [-0.3, -0.25) is 9.78 Å². The van der Waals surface area contributed by atoms with Gasteiger partial charge in [0.2, 0.25) is 0 Å². The minimum Gasteiger partial charge on any atom is -0.490 e. The normalized spacial score (nSPS) is 12.7. The molecule has 33 heavy (non-hydrogen) atoms. The van der Waals surface area contributed by atoms with Crippen molar-refractivity contribution < 1.29 is 9.53 Å². The SMILES string of the molecule is Cn1c(CC=O)c(-c2ccc3c(c2Cl)NCCO3)c2ccc(Cc3ccncc3)cc2c1=O. The van der Waals surface area contributed by atoms with Crippen molar-refractivity contribution in [3.8, 4) is 16.9 Å². The van der Waals surface area contributed by atoms with Crippen LogP contribution in [0.1, 0.15) is 16.8 Å². The first kappa shape index (κ1) is 21.2. The van der Waals surface area contributed by atoms with Gasteiger partial charge in [-0.25, -0.2) is 0 Å². The molecule has 4 aromatic rings. The van der Waals surface area contributed by atoms with Crippen LogP contribution in [-0.2, 0) is 24.7 Å². The summed E-state index contributed by atoms with van der Waals surface area (Å²) in [4.78, 5) is 28.9. The number of aldehydes is 1. The van der Waals surface area contributed by atoms with E-state index >= 15 is 0 Å². The standard InChI is InChI=1S/C26H22ClN3O3/c1-30-21(8-12-31)23(19-4-5-22-25(24(19)27)29-11-13-33-22)18-3-2-17(15-20(18)26(30)32)14-16-6-9-28-10-7-16/h2-7,9-10,12,15,29H,8,11,13-14H2,1H3. The fourth-order valence-corrected chi connectivity index (χ4v) is 4.77. The monoisotopic (exact) mass is 459 g/mol. The van der Waals surface area contributed by atoms with Crippen molar-refractivity contribution in [2.75, 3.05) is 18.5 Å². The molecule has 6 nitrogen and oxygen atoms in total. The number of halogens is 1. The van der Waals surface area contributed by atoms with Gasteiger partial charge in [0.15, 0.2) is 0 Å². The number of rotatable bonds is 5. The Morgan fingerprint density at radius 2 is 1.94 bits per heavy atom. The van der Waals surface area contributed by atoms with Crippen LogP contribution < -0.4 is 15.6 Å². The van der Waals surface area contributed by atoms with E-state index in [-0.39, 0.29) is 12.0 Å². The Morgan fingerprint density at radius 1 is 1.12 bits per heavy atom. The summed E-state index contributed by atoms with van der Waals surface area (Å²) in [6.45, 7) is 1.23. The van der Waals surface area contributed by atoms with E-state index in [1.54, 1.807) is 24.0 Å². The highest BCUT2D eigenvalue weighted by atomic mass is 35.5. The van der Waals surface area contributed by atoms with Crippen molar-refractivity contribution in [1.29, 1.82) is 0 Å². The van der Waals surface area contributed by atoms with Crippen LogP contribution in [-0.4, -0.2) is 29.0 Å². The lowest BCUT2D eigenvalue weighted by Crippen LogP contribution is -2.23. The molecule has 0 unspecified atom stereocenters. The molecule has 1 aliphatic heterocycles. The number of hydrogen-bond donors (Lipinski definition) is 1. The number of carbonyl (C=O) groups excluding carboxylic acids is 1. The molecule has 1 aliphatic rings. The van der Waals surface area contributed by atoms with E-state index in [1.807, 2.05) is 42.5 Å². The fraction of sp³-hybridized carbons (Fsp3) is 0.192. The van der Waals surface area contributed by atoms with Gasteiger partial charge in [0.05, 0.1) is 10.7 Å². The molecule has 0 amide bonds. The van der Waals surface area contributed by atoms with Gasteiger partial charge in [-0.2, -0.15) is 0 Å². The zero-order valence-electron chi connectivity index (χ0n) is 18.1. The van der Waals surface area contributed by atoms with Crippen LogP contribution in [0.25, 0.3) is 21.9 Å². The third-order valence-corrected chi connectivity index (χ3v) is 6.44. The van der Waals surface area contributed by atoms with Crippen LogP contribution in [0.4, 0.5) is 5.69 Å². The Balaban J connectivity index is 1.75. The average molecular weight is 460 g/mol. The number of hydrogen-bond acceptors (Lipinski definition) is 5. The molecule has 0 bridgehead atoms. The van der Waals surface area contributed by atoms with Crippen LogP contribution in [0.3, 0.4) is 0 Å². The number of pyridine rings is 2. The Labute approximate surface area is 195 Å². The second kappa shape index (κ2) is 8.71. The lowest BCUT2D eigenvalue weighted by Gasteiger charge is -2.23. The van der Waals surface area contributed by atoms with E-state index < -0.39 is 0 Å². The zero-order valence-corrected chi connectivity index (χ0v) is 18.9. The lowest BCUT2D eigenvalue weighted by atomic mass is 9.93.